The van der Waals surface area contributed by atoms with Crippen molar-refractivity contribution in [2.45, 2.75) is 20.3 Å². The first-order valence-corrected chi connectivity index (χ1v) is 8.15. The predicted octanol–water partition coefficient (Wildman–Crippen LogP) is 2.74. The Labute approximate surface area is 138 Å². The average molecular weight is 369 g/mol. The van der Waals surface area contributed by atoms with E-state index in [2.05, 4.69) is 21.2 Å². The van der Waals surface area contributed by atoms with Crippen molar-refractivity contribution in [2.24, 2.45) is 11.8 Å². The minimum Gasteiger partial charge on any atom is -0.481 e. The van der Waals surface area contributed by atoms with Gasteiger partial charge >= 0.3 is 5.97 Å². The van der Waals surface area contributed by atoms with Gasteiger partial charge in [0, 0.05) is 23.2 Å². The molecule has 0 bridgehead atoms. The molecule has 2 N–H and O–H groups in total. The number of hydrogen-bond donors (Lipinski definition) is 2. The molecule has 2 atom stereocenters. The van der Waals surface area contributed by atoms with Crippen LogP contribution in [0.25, 0.3) is 0 Å². The number of anilines is 1. The van der Waals surface area contributed by atoms with Crippen LogP contribution in [-0.2, 0) is 9.59 Å². The molecule has 1 saturated heterocycles. The molecule has 1 aromatic rings. The maximum Gasteiger partial charge on any atom is 0.307 e. The molecule has 5 nitrogen and oxygen atoms in total. The van der Waals surface area contributed by atoms with Gasteiger partial charge in [0.05, 0.1) is 12.5 Å². The van der Waals surface area contributed by atoms with E-state index in [0.29, 0.717) is 13.0 Å². The Hall–Kier alpha value is -1.40. The molecule has 2 rings (SSSR count). The Morgan fingerprint density at radius 3 is 2.77 bits per heavy atom. The maximum absolute atomic E-state index is 12.1. The number of benzene rings is 1. The average Bonchev–Trinajstić information content (AvgIpc) is 2.42. The highest BCUT2D eigenvalue weighted by Gasteiger charge is 2.30. The van der Waals surface area contributed by atoms with E-state index in [1.807, 2.05) is 36.9 Å². The summed E-state index contributed by atoms with van der Waals surface area (Å²) in [6.07, 6.45) is 0.680. The number of rotatable bonds is 4. The van der Waals surface area contributed by atoms with Crippen LogP contribution in [0.1, 0.15) is 18.9 Å². The number of carboxylic acid groups (broad SMARTS) is 1. The number of aliphatic carboxylic acids is 1. The lowest BCUT2D eigenvalue weighted by Gasteiger charge is -2.34. The van der Waals surface area contributed by atoms with Gasteiger partial charge < -0.3 is 10.4 Å². The molecular weight excluding hydrogens is 348 g/mol. The van der Waals surface area contributed by atoms with Crippen molar-refractivity contribution in [3.05, 3.63) is 28.2 Å². The summed E-state index contributed by atoms with van der Waals surface area (Å²) in [6.45, 7) is 5.41. The fourth-order valence-electron chi connectivity index (χ4n) is 2.90. The Morgan fingerprint density at radius 1 is 1.41 bits per heavy atom. The van der Waals surface area contributed by atoms with Gasteiger partial charge in [-0.25, -0.2) is 0 Å². The largest absolute Gasteiger partial charge is 0.481 e. The van der Waals surface area contributed by atoms with Crippen LogP contribution in [0.5, 0.6) is 0 Å². The number of amides is 1. The Bertz CT molecular complexity index is 577. The summed E-state index contributed by atoms with van der Waals surface area (Å²) in [5.41, 5.74) is 1.81. The monoisotopic (exact) mass is 368 g/mol. The van der Waals surface area contributed by atoms with Crippen molar-refractivity contribution >= 4 is 33.5 Å². The summed E-state index contributed by atoms with van der Waals surface area (Å²) >= 11 is 3.43. The molecule has 1 aliphatic heterocycles. The van der Waals surface area contributed by atoms with Gasteiger partial charge in [0.15, 0.2) is 0 Å². The molecule has 22 heavy (non-hydrogen) atoms. The second-order valence-corrected chi connectivity index (χ2v) is 6.94. The Morgan fingerprint density at radius 2 is 2.14 bits per heavy atom. The van der Waals surface area contributed by atoms with Crippen LogP contribution < -0.4 is 5.32 Å². The number of nitrogens with one attached hydrogen (secondary N) is 1. The number of carbonyl (C=O) groups is 2. The van der Waals surface area contributed by atoms with Crippen LogP contribution in [0.2, 0.25) is 0 Å². The summed E-state index contributed by atoms with van der Waals surface area (Å²) in [5, 5.41) is 12.0. The molecule has 2 unspecified atom stereocenters. The van der Waals surface area contributed by atoms with E-state index in [-0.39, 0.29) is 24.3 Å². The lowest BCUT2D eigenvalue weighted by atomic mass is 9.90. The van der Waals surface area contributed by atoms with Crippen molar-refractivity contribution in [1.82, 2.24) is 4.90 Å². The molecule has 1 fully saturated rings. The molecule has 0 saturated carbocycles. The van der Waals surface area contributed by atoms with Crippen molar-refractivity contribution < 1.29 is 14.7 Å². The fourth-order valence-corrected chi connectivity index (χ4v) is 3.14. The summed E-state index contributed by atoms with van der Waals surface area (Å²) in [4.78, 5) is 25.2. The number of piperidine rings is 1. The summed E-state index contributed by atoms with van der Waals surface area (Å²) < 4.78 is 1.000. The van der Waals surface area contributed by atoms with Gasteiger partial charge in [-0.15, -0.1) is 0 Å². The molecule has 1 amide bonds. The zero-order valence-electron chi connectivity index (χ0n) is 12.8. The molecule has 0 aromatic heterocycles. The zero-order valence-corrected chi connectivity index (χ0v) is 14.4. The van der Waals surface area contributed by atoms with Gasteiger partial charge in [0.1, 0.15) is 0 Å². The molecule has 1 aliphatic rings. The van der Waals surface area contributed by atoms with Crippen LogP contribution in [0.15, 0.2) is 22.7 Å². The van der Waals surface area contributed by atoms with E-state index in [4.69, 9.17) is 5.11 Å². The van der Waals surface area contributed by atoms with Crippen LogP contribution in [0.3, 0.4) is 0 Å². The summed E-state index contributed by atoms with van der Waals surface area (Å²) in [6, 6.07) is 5.64. The third kappa shape index (κ3) is 4.55. The van der Waals surface area contributed by atoms with Gasteiger partial charge in [-0.3, -0.25) is 14.5 Å². The van der Waals surface area contributed by atoms with Crippen molar-refractivity contribution in [1.29, 1.82) is 0 Å². The quantitative estimate of drug-likeness (QED) is 0.856. The van der Waals surface area contributed by atoms with Crippen molar-refractivity contribution in [3.63, 3.8) is 0 Å². The van der Waals surface area contributed by atoms with Crippen LogP contribution >= 0.6 is 15.9 Å². The highest BCUT2D eigenvalue weighted by Crippen LogP contribution is 2.22. The molecular formula is C16H21BrN2O3. The lowest BCUT2D eigenvalue weighted by Crippen LogP contribution is -2.45. The summed E-state index contributed by atoms with van der Waals surface area (Å²) in [7, 11) is 0. The highest BCUT2D eigenvalue weighted by molar-refractivity contribution is 9.10. The SMILES string of the molecule is Cc1cc(NC(=O)CN2CC(C)CC(C(=O)O)C2)ccc1Br. The van der Waals surface area contributed by atoms with E-state index >= 15 is 0 Å². The van der Waals surface area contributed by atoms with Crippen molar-refractivity contribution in [2.75, 3.05) is 25.0 Å². The molecule has 0 radical (unpaired) electrons. The number of halogens is 1. The topological polar surface area (TPSA) is 69.6 Å². The lowest BCUT2D eigenvalue weighted by molar-refractivity contribution is -0.144. The predicted molar refractivity (Wildman–Crippen MR) is 88.9 cm³/mol. The Balaban J connectivity index is 1.93. The maximum atomic E-state index is 12.1. The minimum absolute atomic E-state index is 0.111. The highest BCUT2D eigenvalue weighted by atomic mass is 79.9. The van der Waals surface area contributed by atoms with Crippen molar-refractivity contribution in [3.8, 4) is 0 Å². The summed E-state index contributed by atoms with van der Waals surface area (Å²) in [5.74, 6) is -0.982. The van der Waals surface area contributed by atoms with E-state index in [1.54, 1.807) is 0 Å². The number of carboxylic acids is 1. The van der Waals surface area contributed by atoms with Crippen LogP contribution in [0, 0.1) is 18.8 Å². The van der Waals surface area contributed by atoms with Gasteiger partial charge in [-0.05, 0) is 43.0 Å². The third-order valence-electron chi connectivity index (χ3n) is 3.89. The third-order valence-corrected chi connectivity index (χ3v) is 4.78. The van der Waals surface area contributed by atoms with Gasteiger partial charge in [0.2, 0.25) is 5.91 Å². The number of likely N-dealkylation sites (tertiary alicyclic amines) is 1. The van der Waals surface area contributed by atoms with E-state index in [1.165, 1.54) is 0 Å². The molecule has 1 heterocycles. The molecule has 120 valence electrons. The van der Waals surface area contributed by atoms with E-state index in [9.17, 15) is 9.59 Å². The number of nitrogens with zero attached hydrogens (tertiary/aromatic N) is 1. The second-order valence-electron chi connectivity index (χ2n) is 6.08. The minimum atomic E-state index is -0.777. The first kappa shape index (κ1) is 17.0. The van der Waals surface area contributed by atoms with Gasteiger partial charge in [-0.1, -0.05) is 22.9 Å². The fraction of sp³-hybridized carbons (Fsp3) is 0.500. The molecule has 1 aromatic carbocycles. The van der Waals surface area contributed by atoms with E-state index in [0.717, 1.165) is 22.3 Å². The molecule has 6 heteroatoms. The second kappa shape index (κ2) is 7.24. The van der Waals surface area contributed by atoms with Crippen LogP contribution in [0.4, 0.5) is 5.69 Å². The first-order chi connectivity index (χ1) is 10.3. The number of carbonyl (C=O) groups excluding carboxylic acids is 1. The molecule has 0 aliphatic carbocycles. The normalized spacial score (nSPS) is 22.3. The number of hydrogen-bond acceptors (Lipinski definition) is 3. The van der Waals surface area contributed by atoms with Crippen LogP contribution in [-0.4, -0.2) is 41.5 Å². The standard InChI is InChI=1S/C16H21BrN2O3/c1-10-5-12(16(21)22)8-19(7-10)9-15(20)18-13-3-4-14(17)11(2)6-13/h3-4,6,10,12H,5,7-9H2,1-2H3,(H,18,20)(H,21,22). The first-order valence-electron chi connectivity index (χ1n) is 7.36. The molecule has 0 spiro atoms. The smallest absolute Gasteiger partial charge is 0.307 e. The van der Waals surface area contributed by atoms with Gasteiger partial charge in [-0.2, -0.15) is 0 Å². The van der Waals surface area contributed by atoms with E-state index < -0.39 is 5.97 Å². The number of aryl methyl sites for hydroxylation is 1. The zero-order chi connectivity index (χ0) is 16.3. The Kier molecular flexibility index (Phi) is 5.58. The van der Waals surface area contributed by atoms with Gasteiger partial charge in [0.25, 0.3) is 0 Å².